The lowest BCUT2D eigenvalue weighted by Crippen LogP contribution is -2.17. The van der Waals surface area contributed by atoms with Crippen molar-refractivity contribution < 1.29 is 8.42 Å². The quantitative estimate of drug-likeness (QED) is 0.939. The SMILES string of the molecule is NC(CC1CCS(=O)(=O)C1)c1cncc2ccccc12. The first-order valence-electron chi connectivity index (χ1n) is 6.84. The molecule has 0 saturated carbocycles. The molecule has 0 aliphatic carbocycles. The van der Waals surface area contributed by atoms with Crippen molar-refractivity contribution in [2.75, 3.05) is 11.5 Å². The largest absolute Gasteiger partial charge is 0.324 e. The molecule has 2 atom stereocenters. The Hall–Kier alpha value is -1.46. The van der Waals surface area contributed by atoms with Gasteiger partial charge in [-0.2, -0.15) is 0 Å². The van der Waals surface area contributed by atoms with Crippen molar-refractivity contribution >= 4 is 20.6 Å². The molecule has 1 saturated heterocycles. The van der Waals surface area contributed by atoms with Crippen LogP contribution in [0.3, 0.4) is 0 Å². The van der Waals surface area contributed by atoms with E-state index in [9.17, 15) is 8.42 Å². The molecule has 3 rings (SSSR count). The van der Waals surface area contributed by atoms with E-state index in [-0.39, 0.29) is 17.7 Å². The van der Waals surface area contributed by atoms with Crippen LogP contribution in [-0.4, -0.2) is 24.9 Å². The lowest BCUT2D eigenvalue weighted by atomic mass is 9.93. The standard InChI is InChI=1S/C15H18N2O2S/c16-15(7-11-5-6-20(18,19)10-11)14-9-17-8-12-3-1-2-4-13(12)14/h1-4,8-9,11,15H,5-7,10,16H2. The maximum absolute atomic E-state index is 11.5. The van der Waals surface area contributed by atoms with E-state index in [1.54, 1.807) is 6.20 Å². The highest BCUT2D eigenvalue weighted by atomic mass is 32.2. The Morgan fingerprint density at radius 2 is 2.10 bits per heavy atom. The Labute approximate surface area is 118 Å². The summed E-state index contributed by atoms with van der Waals surface area (Å²) in [5.41, 5.74) is 7.30. The number of nitrogens with zero attached hydrogens (tertiary/aromatic N) is 1. The molecule has 0 bridgehead atoms. The molecule has 1 aromatic carbocycles. The first kappa shape index (κ1) is 13.5. The Morgan fingerprint density at radius 3 is 2.85 bits per heavy atom. The van der Waals surface area contributed by atoms with Gasteiger partial charge in [0.2, 0.25) is 0 Å². The molecule has 5 heteroatoms. The zero-order valence-electron chi connectivity index (χ0n) is 11.2. The van der Waals surface area contributed by atoms with Crippen molar-refractivity contribution in [3.63, 3.8) is 0 Å². The van der Waals surface area contributed by atoms with Gasteiger partial charge in [0.15, 0.2) is 9.84 Å². The van der Waals surface area contributed by atoms with Crippen molar-refractivity contribution in [2.24, 2.45) is 11.7 Å². The predicted octanol–water partition coefficient (Wildman–Crippen LogP) is 2.06. The molecule has 1 aromatic heterocycles. The monoisotopic (exact) mass is 290 g/mol. The molecule has 2 aromatic rings. The van der Waals surface area contributed by atoms with Gasteiger partial charge in [0.1, 0.15) is 0 Å². The predicted molar refractivity (Wildman–Crippen MR) is 80.0 cm³/mol. The van der Waals surface area contributed by atoms with Crippen LogP contribution in [0.2, 0.25) is 0 Å². The van der Waals surface area contributed by atoms with Crippen LogP contribution in [0.4, 0.5) is 0 Å². The third-order valence-corrected chi connectivity index (χ3v) is 5.85. The van der Waals surface area contributed by atoms with Gasteiger partial charge in [0.25, 0.3) is 0 Å². The number of fused-ring (bicyclic) bond motifs is 1. The van der Waals surface area contributed by atoms with E-state index in [0.717, 1.165) is 22.8 Å². The van der Waals surface area contributed by atoms with E-state index < -0.39 is 9.84 Å². The fourth-order valence-corrected chi connectivity index (χ4v) is 4.86. The van der Waals surface area contributed by atoms with E-state index >= 15 is 0 Å². The van der Waals surface area contributed by atoms with E-state index in [0.29, 0.717) is 12.2 Å². The van der Waals surface area contributed by atoms with Gasteiger partial charge < -0.3 is 5.73 Å². The van der Waals surface area contributed by atoms with Crippen LogP contribution in [0.5, 0.6) is 0 Å². The summed E-state index contributed by atoms with van der Waals surface area (Å²) in [6.07, 6.45) is 5.06. The number of aromatic nitrogens is 1. The molecule has 4 nitrogen and oxygen atoms in total. The van der Waals surface area contributed by atoms with E-state index in [4.69, 9.17) is 5.73 Å². The normalized spacial score (nSPS) is 22.9. The smallest absolute Gasteiger partial charge is 0.150 e. The third kappa shape index (κ3) is 2.69. The third-order valence-electron chi connectivity index (χ3n) is 4.01. The number of rotatable bonds is 3. The lowest BCUT2D eigenvalue weighted by Gasteiger charge is -2.17. The molecular formula is C15H18N2O2S. The summed E-state index contributed by atoms with van der Waals surface area (Å²) < 4.78 is 23.0. The molecule has 2 heterocycles. The number of hydrogen-bond donors (Lipinski definition) is 1. The molecule has 0 spiro atoms. The van der Waals surface area contributed by atoms with Gasteiger partial charge >= 0.3 is 0 Å². The summed E-state index contributed by atoms with van der Waals surface area (Å²) in [7, 11) is -2.84. The summed E-state index contributed by atoms with van der Waals surface area (Å²) in [4.78, 5) is 4.24. The van der Waals surface area contributed by atoms with Gasteiger partial charge in [-0.25, -0.2) is 8.42 Å². The molecule has 0 radical (unpaired) electrons. The Morgan fingerprint density at radius 1 is 1.30 bits per heavy atom. The maximum atomic E-state index is 11.5. The van der Waals surface area contributed by atoms with Crippen molar-refractivity contribution in [1.29, 1.82) is 0 Å². The van der Waals surface area contributed by atoms with E-state index in [1.807, 2.05) is 30.5 Å². The van der Waals surface area contributed by atoms with Crippen LogP contribution >= 0.6 is 0 Å². The molecule has 2 unspecified atom stereocenters. The number of sulfone groups is 1. The summed E-state index contributed by atoms with van der Waals surface area (Å²) in [5.74, 6) is 0.755. The molecule has 1 aliphatic rings. The highest BCUT2D eigenvalue weighted by Crippen LogP contribution is 2.30. The topological polar surface area (TPSA) is 73.1 Å². The minimum atomic E-state index is -2.84. The fourth-order valence-electron chi connectivity index (χ4n) is 2.98. The summed E-state index contributed by atoms with van der Waals surface area (Å²) in [6.45, 7) is 0. The number of pyridine rings is 1. The van der Waals surface area contributed by atoms with E-state index in [2.05, 4.69) is 4.98 Å². The van der Waals surface area contributed by atoms with Crippen LogP contribution in [-0.2, 0) is 9.84 Å². The van der Waals surface area contributed by atoms with Crippen molar-refractivity contribution in [3.8, 4) is 0 Å². The molecule has 106 valence electrons. The lowest BCUT2D eigenvalue weighted by molar-refractivity contribution is 0.482. The van der Waals surface area contributed by atoms with Gasteiger partial charge in [-0.1, -0.05) is 24.3 Å². The summed E-state index contributed by atoms with van der Waals surface area (Å²) in [6, 6.07) is 7.85. The fraction of sp³-hybridized carbons (Fsp3) is 0.400. The summed E-state index contributed by atoms with van der Waals surface area (Å²) in [5, 5.41) is 2.18. The average Bonchev–Trinajstić information content (AvgIpc) is 2.77. The number of hydrogen-bond acceptors (Lipinski definition) is 4. The Balaban J connectivity index is 1.84. The zero-order valence-corrected chi connectivity index (χ0v) is 12.0. The van der Waals surface area contributed by atoms with Crippen molar-refractivity contribution in [1.82, 2.24) is 4.98 Å². The molecule has 20 heavy (non-hydrogen) atoms. The first-order chi connectivity index (χ1) is 9.55. The van der Waals surface area contributed by atoms with Crippen LogP contribution in [0.15, 0.2) is 36.7 Å². The maximum Gasteiger partial charge on any atom is 0.150 e. The highest BCUT2D eigenvalue weighted by molar-refractivity contribution is 7.91. The van der Waals surface area contributed by atoms with Gasteiger partial charge in [0.05, 0.1) is 11.5 Å². The Kier molecular flexibility index (Phi) is 3.48. The second kappa shape index (κ2) is 5.14. The minimum absolute atomic E-state index is 0.160. The molecular weight excluding hydrogens is 272 g/mol. The van der Waals surface area contributed by atoms with E-state index in [1.165, 1.54) is 0 Å². The van der Waals surface area contributed by atoms with Gasteiger partial charge in [-0.05, 0) is 29.7 Å². The second-order valence-corrected chi connectivity index (χ2v) is 7.79. The minimum Gasteiger partial charge on any atom is -0.324 e. The number of benzene rings is 1. The Bertz CT molecular complexity index is 722. The van der Waals surface area contributed by atoms with Crippen LogP contribution < -0.4 is 5.73 Å². The second-order valence-electron chi connectivity index (χ2n) is 5.56. The van der Waals surface area contributed by atoms with Gasteiger partial charge in [-0.15, -0.1) is 0 Å². The van der Waals surface area contributed by atoms with Crippen LogP contribution in [0.25, 0.3) is 10.8 Å². The van der Waals surface area contributed by atoms with Gasteiger partial charge in [-0.3, -0.25) is 4.98 Å². The molecule has 1 fully saturated rings. The number of nitrogens with two attached hydrogens (primary N) is 1. The first-order valence-corrected chi connectivity index (χ1v) is 8.66. The van der Waals surface area contributed by atoms with Crippen LogP contribution in [0, 0.1) is 5.92 Å². The molecule has 0 amide bonds. The average molecular weight is 290 g/mol. The van der Waals surface area contributed by atoms with Gasteiger partial charge in [0, 0.05) is 23.8 Å². The summed E-state index contributed by atoms with van der Waals surface area (Å²) >= 11 is 0. The highest BCUT2D eigenvalue weighted by Gasteiger charge is 2.29. The molecule has 2 N–H and O–H groups in total. The van der Waals surface area contributed by atoms with Crippen molar-refractivity contribution in [3.05, 3.63) is 42.2 Å². The molecule has 1 aliphatic heterocycles. The van der Waals surface area contributed by atoms with Crippen molar-refractivity contribution in [2.45, 2.75) is 18.9 Å². The van der Waals surface area contributed by atoms with Crippen LogP contribution in [0.1, 0.15) is 24.4 Å². The zero-order chi connectivity index (χ0) is 14.2.